The van der Waals surface area contributed by atoms with Crippen LogP contribution in [0.5, 0.6) is 5.75 Å². The Morgan fingerprint density at radius 1 is 1.28 bits per heavy atom. The van der Waals surface area contributed by atoms with Gasteiger partial charge in [-0.25, -0.2) is 13.0 Å². The van der Waals surface area contributed by atoms with Gasteiger partial charge in [-0.2, -0.15) is 5.10 Å². The van der Waals surface area contributed by atoms with Crippen LogP contribution in [0.2, 0.25) is 0 Å². The molecular formula is C17H21N3O4S. The average Bonchev–Trinajstić information content (AvgIpc) is 2.58. The second-order valence-electron chi connectivity index (χ2n) is 5.43. The zero-order valence-electron chi connectivity index (χ0n) is 14.0. The van der Waals surface area contributed by atoms with Gasteiger partial charge in [-0.3, -0.25) is 0 Å². The van der Waals surface area contributed by atoms with Gasteiger partial charge in [0.1, 0.15) is 12.3 Å². The SMILES string of the molecule is COc1ccc(CNN=Cc2ccc[n+](CCCS(=O)(=O)[O-])c2)cc1. The summed E-state index contributed by atoms with van der Waals surface area (Å²) in [5.41, 5.74) is 4.92. The van der Waals surface area contributed by atoms with E-state index >= 15 is 0 Å². The molecule has 2 rings (SSSR count). The summed E-state index contributed by atoms with van der Waals surface area (Å²) in [6.45, 7) is 1.05. The number of nitrogens with one attached hydrogen (secondary N) is 1. The van der Waals surface area contributed by atoms with Crippen LogP contribution in [0.4, 0.5) is 0 Å². The minimum absolute atomic E-state index is 0.285. The van der Waals surface area contributed by atoms with E-state index < -0.39 is 10.1 Å². The van der Waals surface area contributed by atoms with Crippen LogP contribution in [-0.4, -0.2) is 32.0 Å². The molecule has 8 heteroatoms. The number of hydrogen-bond donors (Lipinski definition) is 1. The van der Waals surface area contributed by atoms with Crippen molar-refractivity contribution in [2.45, 2.75) is 19.5 Å². The van der Waals surface area contributed by atoms with E-state index in [2.05, 4.69) is 10.5 Å². The van der Waals surface area contributed by atoms with Crippen molar-refractivity contribution in [2.75, 3.05) is 12.9 Å². The molecule has 0 fully saturated rings. The van der Waals surface area contributed by atoms with Crippen molar-refractivity contribution < 1.29 is 22.3 Å². The Balaban J connectivity index is 1.82. The highest BCUT2D eigenvalue weighted by molar-refractivity contribution is 7.85. The number of nitrogens with zero attached hydrogens (tertiary/aromatic N) is 2. The highest BCUT2D eigenvalue weighted by atomic mass is 32.2. The molecule has 0 atom stereocenters. The fraction of sp³-hybridized carbons (Fsp3) is 0.294. The number of aryl methyl sites for hydroxylation is 1. The van der Waals surface area contributed by atoms with Gasteiger partial charge < -0.3 is 14.7 Å². The number of methoxy groups -OCH3 is 1. The third-order valence-electron chi connectivity index (χ3n) is 3.44. The lowest BCUT2D eigenvalue weighted by Gasteiger charge is -2.04. The summed E-state index contributed by atoms with van der Waals surface area (Å²) in [6, 6.07) is 11.4. The number of pyridine rings is 1. The van der Waals surface area contributed by atoms with Crippen LogP contribution in [0.25, 0.3) is 0 Å². The topological polar surface area (TPSA) is 94.7 Å². The van der Waals surface area contributed by atoms with Crippen molar-refractivity contribution in [1.82, 2.24) is 5.43 Å². The summed E-state index contributed by atoms with van der Waals surface area (Å²) in [5.74, 6) is 0.452. The first-order valence-corrected chi connectivity index (χ1v) is 9.35. The van der Waals surface area contributed by atoms with Crippen LogP contribution in [0.15, 0.2) is 53.9 Å². The first kappa shape index (κ1) is 18.9. The molecule has 2 aromatic rings. The minimum Gasteiger partial charge on any atom is -0.748 e. The standard InChI is InChI=1S/C17H21N3O4S/c1-24-17-7-5-15(6-8-17)12-18-19-13-16-4-2-9-20(14-16)10-3-11-25(21,22)23/h2,4-9,13-14,18H,3,10-12H2,1H3. The summed E-state index contributed by atoms with van der Waals surface area (Å²) in [6.07, 6.45) is 5.63. The van der Waals surface area contributed by atoms with E-state index in [9.17, 15) is 13.0 Å². The number of ether oxygens (including phenoxy) is 1. The van der Waals surface area contributed by atoms with E-state index in [1.807, 2.05) is 53.4 Å². The van der Waals surface area contributed by atoms with E-state index in [-0.39, 0.29) is 12.2 Å². The molecule has 25 heavy (non-hydrogen) atoms. The van der Waals surface area contributed by atoms with Gasteiger partial charge in [0, 0.05) is 18.2 Å². The Morgan fingerprint density at radius 2 is 2.04 bits per heavy atom. The van der Waals surface area contributed by atoms with E-state index in [1.165, 1.54) is 0 Å². The Kier molecular flexibility index (Phi) is 6.91. The lowest BCUT2D eigenvalue weighted by molar-refractivity contribution is -0.696. The summed E-state index contributed by atoms with van der Waals surface area (Å²) in [7, 11) is -2.53. The molecular weight excluding hydrogens is 342 g/mol. The number of rotatable bonds is 9. The molecule has 0 saturated heterocycles. The maximum atomic E-state index is 10.6. The van der Waals surface area contributed by atoms with Gasteiger partial charge in [0.15, 0.2) is 12.4 Å². The lowest BCUT2D eigenvalue weighted by atomic mass is 10.2. The maximum absolute atomic E-state index is 10.6. The number of hydrazone groups is 1. The first-order valence-electron chi connectivity index (χ1n) is 7.78. The molecule has 134 valence electrons. The van der Waals surface area contributed by atoms with Gasteiger partial charge in [-0.15, -0.1) is 0 Å². The summed E-state index contributed by atoms with van der Waals surface area (Å²) in [5, 5.41) is 4.17. The van der Waals surface area contributed by atoms with Gasteiger partial charge >= 0.3 is 0 Å². The predicted octanol–water partition coefficient (Wildman–Crippen LogP) is 1.04. The smallest absolute Gasteiger partial charge is 0.177 e. The summed E-state index contributed by atoms with van der Waals surface area (Å²) >= 11 is 0. The van der Waals surface area contributed by atoms with Gasteiger partial charge in [-0.05, 0) is 23.8 Å². The van der Waals surface area contributed by atoms with Crippen molar-refractivity contribution in [3.05, 3.63) is 59.9 Å². The molecule has 0 amide bonds. The van der Waals surface area contributed by atoms with Gasteiger partial charge in [-0.1, -0.05) is 12.1 Å². The zero-order chi connectivity index (χ0) is 18.1. The minimum atomic E-state index is -4.16. The van der Waals surface area contributed by atoms with Crippen LogP contribution >= 0.6 is 0 Å². The fourth-order valence-electron chi connectivity index (χ4n) is 2.18. The molecule has 0 aliphatic carbocycles. The molecule has 0 aliphatic rings. The van der Waals surface area contributed by atoms with Crippen LogP contribution in [0, 0.1) is 0 Å². The third-order valence-corrected chi connectivity index (χ3v) is 4.23. The molecule has 0 bridgehead atoms. The molecule has 1 heterocycles. The van der Waals surface area contributed by atoms with E-state index in [4.69, 9.17) is 4.74 Å². The monoisotopic (exact) mass is 363 g/mol. The molecule has 7 nitrogen and oxygen atoms in total. The Bertz CT molecular complexity index is 805. The largest absolute Gasteiger partial charge is 0.748 e. The first-order chi connectivity index (χ1) is 12.0. The van der Waals surface area contributed by atoms with Crippen LogP contribution < -0.4 is 14.7 Å². The molecule has 0 saturated carbocycles. The second-order valence-corrected chi connectivity index (χ2v) is 6.96. The Labute approximate surface area is 147 Å². The molecule has 0 radical (unpaired) electrons. The molecule has 0 unspecified atom stereocenters. The highest BCUT2D eigenvalue weighted by Crippen LogP contribution is 2.10. The van der Waals surface area contributed by atoms with Crippen LogP contribution in [0.1, 0.15) is 17.5 Å². The predicted molar refractivity (Wildman–Crippen MR) is 93.2 cm³/mol. The van der Waals surface area contributed by atoms with Crippen molar-refractivity contribution in [3.8, 4) is 5.75 Å². The van der Waals surface area contributed by atoms with E-state index in [0.717, 1.165) is 16.9 Å². The molecule has 0 spiro atoms. The fourth-order valence-corrected chi connectivity index (χ4v) is 2.66. The van der Waals surface area contributed by atoms with Gasteiger partial charge in [0.25, 0.3) is 0 Å². The average molecular weight is 363 g/mol. The lowest BCUT2D eigenvalue weighted by Crippen LogP contribution is -2.34. The number of benzene rings is 1. The molecule has 1 N–H and O–H groups in total. The van der Waals surface area contributed by atoms with Crippen LogP contribution in [0.3, 0.4) is 0 Å². The number of aromatic nitrogens is 1. The van der Waals surface area contributed by atoms with Gasteiger partial charge in [0.05, 0.1) is 35.6 Å². The maximum Gasteiger partial charge on any atom is 0.177 e. The summed E-state index contributed by atoms with van der Waals surface area (Å²) < 4.78 is 38.8. The van der Waals surface area contributed by atoms with Crippen molar-refractivity contribution in [2.24, 2.45) is 5.10 Å². The number of hydrogen-bond acceptors (Lipinski definition) is 6. The van der Waals surface area contributed by atoms with Crippen molar-refractivity contribution >= 4 is 16.3 Å². The van der Waals surface area contributed by atoms with Crippen LogP contribution in [-0.2, 0) is 23.2 Å². The molecule has 1 aromatic carbocycles. The van der Waals surface area contributed by atoms with Crippen molar-refractivity contribution in [1.29, 1.82) is 0 Å². The molecule has 1 aromatic heterocycles. The normalized spacial score (nSPS) is 11.6. The van der Waals surface area contributed by atoms with E-state index in [1.54, 1.807) is 13.3 Å². The van der Waals surface area contributed by atoms with Crippen molar-refractivity contribution in [3.63, 3.8) is 0 Å². The van der Waals surface area contributed by atoms with E-state index in [0.29, 0.717) is 13.1 Å². The highest BCUT2D eigenvalue weighted by Gasteiger charge is 2.03. The zero-order valence-corrected chi connectivity index (χ0v) is 14.8. The second kappa shape index (κ2) is 9.14. The quantitative estimate of drug-likeness (QED) is 0.311. The Morgan fingerprint density at radius 3 is 2.72 bits per heavy atom. The Hall–Kier alpha value is -2.45. The van der Waals surface area contributed by atoms with Gasteiger partial charge in [0.2, 0.25) is 0 Å². The summed E-state index contributed by atoms with van der Waals surface area (Å²) in [4.78, 5) is 0. The molecule has 0 aliphatic heterocycles. The third kappa shape index (κ3) is 7.32.